The minimum Gasteiger partial charge on any atom is -0.449 e. The van der Waals surface area contributed by atoms with Crippen LogP contribution in [0, 0.1) is 0 Å². The molecule has 106 valence electrons. The summed E-state index contributed by atoms with van der Waals surface area (Å²) >= 11 is 0. The monoisotopic (exact) mass is 259 g/mol. The molecule has 6 heteroatoms. The van der Waals surface area contributed by atoms with E-state index in [4.69, 9.17) is 0 Å². The van der Waals surface area contributed by atoms with Gasteiger partial charge in [0.05, 0.1) is 6.61 Å². The van der Waals surface area contributed by atoms with Crippen LogP contribution in [0.2, 0.25) is 0 Å². The summed E-state index contributed by atoms with van der Waals surface area (Å²) in [5.41, 5.74) is 4.33. The number of ether oxygens (including phenoxy) is 1. The molecule has 0 unspecified atom stereocenters. The van der Waals surface area contributed by atoms with E-state index in [0.717, 1.165) is 12.8 Å². The first-order chi connectivity index (χ1) is 8.70. The predicted octanol–water partition coefficient (Wildman–Crippen LogP) is 2.31. The van der Waals surface area contributed by atoms with Gasteiger partial charge < -0.3 is 10.1 Å². The van der Waals surface area contributed by atoms with Crippen molar-refractivity contribution in [1.82, 2.24) is 16.2 Å². The summed E-state index contributed by atoms with van der Waals surface area (Å²) in [7, 11) is 0. The van der Waals surface area contributed by atoms with Crippen LogP contribution in [-0.4, -0.2) is 25.3 Å². The van der Waals surface area contributed by atoms with Gasteiger partial charge in [0.2, 0.25) is 0 Å². The second kappa shape index (κ2) is 12.0. The molecule has 0 fully saturated rings. The lowest BCUT2D eigenvalue weighted by Gasteiger charge is -2.08. The van der Waals surface area contributed by atoms with Gasteiger partial charge in [-0.3, -0.25) is 0 Å². The number of hydrogen-bond acceptors (Lipinski definition) is 3. The largest absolute Gasteiger partial charge is 0.449 e. The van der Waals surface area contributed by atoms with Gasteiger partial charge in [0.15, 0.2) is 0 Å². The van der Waals surface area contributed by atoms with E-state index in [1.54, 1.807) is 6.92 Å². The van der Waals surface area contributed by atoms with Crippen LogP contribution < -0.4 is 16.2 Å². The number of amides is 3. The van der Waals surface area contributed by atoms with Gasteiger partial charge in [-0.1, -0.05) is 39.0 Å². The molecule has 3 N–H and O–H groups in total. The molecule has 0 heterocycles. The van der Waals surface area contributed by atoms with Gasteiger partial charge in [-0.05, 0) is 13.3 Å². The summed E-state index contributed by atoms with van der Waals surface area (Å²) in [6, 6.07) is -0.420. The maximum atomic E-state index is 11.2. The molecule has 0 radical (unpaired) electrons. The number of hydrogen-bond donors (Lipinski definition) is 3. The summed E-state index contributed by atoms with van der Waals surface area (Å²) in [5.74, 6) is 0. The van der Waals surface area contributed by atoms with Gasteiger partial charge in [-0.2, -0.15) is 0 Å². The Morgan fingerprint density at radius 1 is 0.944 bits per heavy atom. The number of carbonyl (C=O) groups excluding carboxylic acids is 2. The zero-order valence-electron chi connectivity index (χ0n) is 11.4. The normalized spacial score (nSPS) is 9.67. The average Bonchev–Trinajstić information content (AvgIpc) is 2.35. The minimum absolute atomic E-state index is 0.271. The predicted molar refractivity (Wildman–Crippen MR) is 70.1 cm³/mol. The van der Waals surface area contributed by atoms with Crippen molar-refractivity contribution in [3.8, 4) is 0 Å². The molecule has 3 amide bonds. The van der Waals surface area contributed by atoms with Crippen molar-refractivity contribution in [3.63, 3.8) is 0 Å². The number of urea groups is 1. The van der Waals surface area contributed by atoms with Crippen LogP contribution >= 0.6 is 0 Å². The first-order valence-electron chi connectivity index (χ1n) is 6.67. The van der Waals surface area contributed by atoms with Crippen molar-refractivity contribution in [1.29, 1.82) is 0 Å². The molecule has 0 spiro atoms. The maximum absolute atomic E-state index is 11.2. The molecule has 0 aromatic heterocycles. The van der Waals surface area contributed by atoms with Gasteiger partial charge in [-0.15, -0.1) is 0 Å². The first kappa shape index (κ1) is 16.5. The molecule has 0 bridgehead atoms. The van der Waals surface area contributed by atoms with Gasteiger partial charge in [-0.25, -0.2) is 20.4 Å². The maximum Gasteiger partial charge on any atom is 0.426 e. The van der Waals surface area contributed by atoms with Crippen molar-refractivity contribution in [2.24, 2.45) is 0 Å². The SMILES string of the molecule is CCCCCCCCNC(=O)NNC(=O)OCC. The summed E-state index contributed by atoms with van der Waals surface area (Å²) in [6.07, 6.45) is 6.39. The van der Waals surface area contributed by atoms with Gasteiger partial charge in [0.25, 0.3) is 0 Å². The Hall–Kier alpha value is -1.46. The zero-order chi connectivity index (χ0) is 13.6. The second-order valence-electron chi connectivity index (χ2n) is 3.99. The molecule has 0 rings (SSSR count). The number of nitrogens with one attached hydrogen (secondary N) is 3. The fourth-order valence-electron chi connectivity index (χ4n) is 1.43. The third-order valence-corrected chi connectivity index (χ3v) is 2.37. The highest BCUT2D eigenvalue weighted by Gasteiger charge is 2.02. The van der Waals surface area contributed by atoms with Crippen LogP contribution in [-0.2, 0) is 4.74 Å². The van der Waals surface area contributed by atoms with E-state index < -0.39 is 12.1 Å². The lowest BCUT2D eigenvalue weighted by molar-refractivity contribution is 0.147. The number of carbonyl (C=O) groups is 2. The van der Waals surface area contributed by atoms with E-state index in [-0.39, 0.29) is 6.61 Å². The smallest absolute Gasteiger partial charge is 0.426 e. The standard InChI is InChI=1S/C12H25N3O3/c1-3-5-6-7-8-9-10-13-11(16)14-15-12(17)18-4-2/h3-10H2,1-2H3,(H,15,17)(H2,13,14,16). The molecule has 0 saturated carbocycles. The third-order valence-electron chi connectivity index (χ3n) is 2.37. The Morgan fingerprint density at radius 2 is 1.61 bits per heavy atom. The van der Waals surface area contributed by atoms with Gasteiger partial charge in [0, 0.05) is 6.54 Å². The summed E-state index contributed by atoms with van der Waals surface area (Å²) in [4.78, 5) is 22.0. The highest BCUT2D eigenvalue weighted by Crippen LogP contribution is 2.03. The van der Waals surface area contributed by atoms with Crippen LogP contribution in [0.3, 0.4) is 0 Å². The molecule has 0 aromatic rings. The lowest BCUT2D eigenvalue weighted by Crippen LogP contribution is -2.47. The Bertz CT molecular complexity index is 235. The van der Waals surface area contributed by atoms with Crippen LogP contribution in [0.25, 0.3) is 0 Å². The van der Waals surface area contributed by atoms with Crippen LogP contribution in [0.1, 0.15) is 52.4 Å². The van der Waals surface area contributed by atoms with Crippen molar-refractivity contribution in [3.05, 3.63) is 0 Å². The molecule has 0 aliphatic heterocycles. The minimum atomic E-state index is -0.660. The van der Waals surface area contributed by atoms with Crippen molar-refractivity contribution in [2.45, 2.75) is 52.4 Å². The molecule has 0 aliphatic carbocycles. The van der Waals surface area contributed by atoms with Crippen LogP contribution in [0.15, 0.2) is 0 Å². The van der Waals surface area contributed by atoms with Crippen molar-refractivity contribution < 1.29 is 14.3 Å². The molecule has 0 aliphatic rings. The molecule has 6 nitrogen and oxygen atoms in total. The van der Waals surface area contributed by atoms with E-state index in [0.29, 0.717) is 6.54 Å². The zero-order valence-corrected chi connectivity index (χ0v) is 11.4. The topological polar surface area (TPSA) is 79.5 Å². The van der Waals surface area contributed by atoms with Crippen LogP contribution in [0.5, 0.6) is 0 Å². The van der Waals surface area contributed by atoms with E-state index in [1.807, 2.05) is 0 Å². The molecule has 0 atom stereocenters. The molecule has 18 heavy (non-hydrogen) atoms. The fourth-order valence-corrected chi connectivity index (χ4v) is 1.43. The quantitative estimate of drug-likeness (QED) is 0.462. The van der Waals surface area contributed by atoms with Gasteiger partial charge >= 0.3 is 12.1 Å². The highest BCUT2D eigenvalue weighted by atomic mass is 16.6. The van der Waals surface area contributed by atoms with Gasteiger partial charge in [0.1, 0.15) is 0 Å². The lowest BCUT2D eigenvalue weighted by atomic mass is 10.1. The first-order valence-corrected chi connectivity index (χ1v) is 6.67. The molecular weight excluding hydrogens is 234 g/mol. The van der Waals surface area contributed by atoms with E-state index in [9.17, 15) is 9.59 Å². The number of hydrazine groups is 1. The molecule has 0 saturated heterocycles. The molecule has 0 aromatic carbocycles. The Labute approximate surface area is 109 Å². The Morgan fingerprint density at radius 3 is 2.28 bits per heavy atom. The Kier molecular flexibility index (Phi) is 11.0. The van der Waals surface area contributed by atoms with E-state index in [2.05, 4.69) is 27.8 Å². The van der Waals surface area contributed by atoms with Crippen LogP contribution in [0.4, 0.5) is 9.59 Å². The summed E-state index contributed by atoms with van der Waals surface area (Å²) in [5, 5.41) is 2.65. The Balaban J connectivity index is 3.29. The molecular formula is C12H25N3O3. The van der Waals surface area contributed by atoms with Crippen molar-refractivity contribution in [2.75, 3.05) is 13.2 Å². The van der Waals surface area contributed by atoms with E-state index in [1.165, 1.54) is 25.7 Å². The number of unbranched alkanes of at least 4 members (excludes halogenated alkanes) is 5. The van der Waals surface area contributed by atoms with Crippen molar-refractivity contribution >= 4 is 12.1 Å². The summed E-state index contributed by atoms with van der Waals surface area (Å²) < 4.78 is 4.58. The second-order valence-corrected chi connectivity index (χ2v) is 3.99. The summed E-state index contributed by atoms with van der Waals surface area (Å²) in [6.45, 7) is 4.76. The highest BCUT2D eigenvalue weighted by molar-refractivity contribution is 5.77. The number of rotatable bonds is 8. The van der Waals surface area contributed by atoms with E-state index >= 15 is 0 Å². The third kappa shape index (κ3) is 11.0. The fraction of sp³-hybridized carbons (Fsp3) is 0.833. The average molecular weight is 259 g/mol.